The van der Waals surface area contributed by atoms with Crippen LogP contribution in [0, 0.1) is 5.92 Å². The Morgan fingerprint density at radius 1 is 1.22 bits per heavy atom. The highest BCUT2D eigenvalue weighted by atomic mass is 32.2. The molecule has 0 aromatic heterocycles. The molecule has 1 aliphatic rings. The minimum atomic E-state index is -0.492. The lowest BCUT2D eigenvalue weighted by Crippen LogP contribution is -2.52. The van der Waals surface area contributed by atoms with E-state index in [1.54, 1.807) is 11.8 Å². The minimum absolute atomic E-state index is 0.0594. The smallest absolute Gasteiger partial charge is 0.407 e. The second kappa shape index (κ2) is 7.77. The van der Waals surface area contributed by atoms with Crippen molar-refractivity contribution in [3.63, 3.8) is 0 Å². The third-order valence-electron chi connectivity index (χ3n) is 3.59. The molecule has 2 amide bonds. The number of ether oxygens (including phenoxy) is 1. The number of piperidine rings is 1. The van der Waals surface area contributed by atoms with Crippen molar-refractivity contribution in [3.8, 4) is 0 Å². The Hall–Kier alpha value is -0.910. The highest BCUT2D eigenvalue weighted by Gasteiger charge is 2.31. The van der Waals surface area contributed by atoms with Crippen molar-refractivity contribution < 1.29 is 14.3 Å². The summed E-state index contributed by atoms with van der Waals surface area (Å²) < 4.78 is 5.40. The lowest BCUT2D eigenvalue weighted by Gasteiger charge is -2.37. The predicted molar refractivity (Wildman–Crippen MR) is 95.7 cm³/mol. The summed E-state index contributed by atoms with van der Waals surface area (Å²) in [6.45, 7) is 15.3. The first-order valence-corrected chi connectivity index (χ1v) is 9.27. The lowest BCUT2D eigenvalue weighted by atomic mass is 9.94. The van der Waals surface area contributed by atoms with Gasteiger partial charge in [-0.25, -0.2) is 4.79 Å². The third-order valence-corrected chi connectivity index (χ3v) is 4.85. The van der Waals surface area contributed by atoms with Crippen LogP contribution in [-0.4, -0.2) is 52.1 Å². The molecule has 0 bridgehead atoms. The van der Waals surface area contributed by atoms with Crippen LogP contribution in [-0.2, 0) is 9.53 Å². The van der Waals surface area contributed by atoms with Crippen LogP contribution in [0.1, 0.15) is 54.9 Å². The van der Waals surface area contributed by atoms with Gasteiger partial charge in [0.05, 0.1) is 5.75 Å². The molecule has 134 valence electrons. The largest absolute Gasteiger partial charge is 0.444 e. The maximum atomic E-state index is 12.3. The van der Waals surface area contributed by atoms with Gasteiger partial charge in [0.2, 0.25) is 5.91 Å². The molecule has 0 aliphatic carbocycles. The van der Waals surface area contributed by atoms with E-state index in [-0.39, 0.29) is 28.7 Å². The van der Waals surface area contributed by atoms with Crippen LogP contribution >= 0.6 is 11.8 Å². The quantitative estimate of drug-likeness (QED) is 0.853. The molecule has 1 N–H and O–H groups in total. The van der Waals surface area contributed by atoms with Gasteiger partial charge in [0.1, 0.15) is 5.60 Å². The minimum Gasteiger partial charge on any atom is -0.444 e. The Kier molecular flexibility index (Phi) is 6.81. The van der Waals surface area contributed by atoms with Crippen molar-refractivity contribution >= 4 is 23.8 Å². The first-order valence-electron chi connectivity index (χ1n) is 8.28. The summed E-state index contributed by atoms with van der Waals surface area (Å²) >= 11 is 1.67. The van der Waals surface area contributed by atoms with Gasteiger partial charge in [-0.1, -0.05) is 27.7 Å². The normalized spacial score (nSPS) is 22.7. The number of hydrogen-bond acceptors (Lipinski definition) is 4. The fourth-order valence-corrected chi connectivity index (χ4v) is 3.15. The molecule has 1 heterocycles. The molecule has 1 fully saturated rings. The number of nitrogens with one attached hydrogen (secondary N) is 1. The molecule has 0 aromatic rings. The van der Waals surface area contributed by atoms with E-state index in [1.807, 2.05) is 25.7 Å². The first kappa shape index (κ1) is 20.1. The SMILES string of the molecule is C[C@H]1CN(C(=O)CSC(C)(C)C)CC[C@@H]1NC(=O)OC(C)(C)C. The van der Waals surface area contributed by atoms with Crippen molar-refractivity contribution in [1.82, 2.24) is 10.2 Å². The van der Waals surface area contributed by atoms with Crippen molar-refractivity contribution in [2.75, 3.05) is 18.8 Å². The monoisotopic (exact) mass is 344 g/mol. The van der Waals surface area contributed by atoms with E-state index >= 15 is 0 Å². The molecule has 1 saturated heterocycles. The molecular weight excluding hydrogens is 312 g/mol. The Bertz CT molecular complexity index is 427. The van der Waals surface area contributed by atoms with Gasteiger partial charge in [0.15, 0.2) is 0 Å². The number of amides is 2. The second-order valence-electron chi connectivity index (χ2n) is 8.26. The van der Waals surface area contributed by atoms with Gasteiger partial charge in [-0.05, 0) is 33.1 Å². The van der Waals surface area contributed by atoms with Gasteiger partial charge in [0, 0.05) is 23.9 Å². The molecule has 5 nitrogen and oxygen atoms in total. The number of carbonyl (C=O) groups excluding carboxylic acids is 2. The molecule has 6 heteroatoms. The molecule has 2 atom stereocenters. The number of likely N-dealkylation sites (tertiary alicyclic amines) is 1. The Balaban J connectivity index is 2.44. The Labute approximate surface area is 144 Å². The van der Waals surface area contributed by atoms with E-state index in [1.165, 1.54) is 0 Å². The number of thioether (sulfide) groups is 1. The average Bonchev–Trinajstić information content (AvgIpc) is 2.35. The number of nitrogens with zero attached hydrogens (tertiary/aromatic N) is 1. The van der Waals surface area contributed by atoms with E-state index in [0.29, 0.717) is 18.8 Å². The van der Waals surface area contributed by atoms with Crippen LogP contribution in [0.5, 0.6) is 0 Å². The first-order chi connectivity index (χ1) is 10.4. The van der Waals surface area contributed by atoms with Crippen molar-refractivity contribution in [3.05, 3.63) is 0 Å². The predicted octanol–water partition coefficient (Wildman–Crippen LogP) is 3.28. The molecule has 0 aromatic carbocycles. The topological polar surface area (TPSA) is 58.6 Å². The summed E-state index contributed by atoms with van der Waals surface area (Å²) in [5.41, 5.74) is -0.492. The fourth-order valence-electron chi connectivity index (χ4n) is 2.42. The Morgan fingerprint density at radius 2 is 1.83 bits per heavy atom. The fraction of sp³-hybridized carbons (Fsp3) is 0.882. The number of alkyl carbamates (subject to hydrolysis) is 1. The van der Waals surface area contributed by atoms with Gasteiger partial charge in [-0.2, -0.15) is 0 Å². The van der Waals surface area contributed by atoms with E-state index in [2.05, 4.69) is 33.0 Å². The summed E-state index contributed by atoms with van der Waals surface area (Å²) in [7, 11) is 0. The molecule has 1 aliphatic heterocycles. The summed E-state index contributed by atoms with van der Waals surface area (Å²) in [6, 6.07) is 0.0594. The van der Waals surface area contributed by atoms with Crippen LogP contribution in [0.2, 0.25) is 0 Å². The Morgan fingerprint density at radius 3 is 2.30 bits per heavy atom. The molecule has 0 spiro atoms. The average molecular weight is 345 g/mol. The molecule has 0 saturated carbocycles. The molecule has 1 rings (SSSR count). The van der Waals surface area contributed by atoms with Crippen LogP contribution in [0.15, 0.2) is 0 Å². The molecular formula is C17H32N2O3S. The van der Waals surface area contributed by atoms with Gasteiger partial charge < -0.3 is 15.0 Å². The maximum absolute atomic E-state index is 12.3. The summed E-state index contributed by atoms with van der Waals surface area (Å²) in [5.74, 6) is 0.924. The maximum Gasteiger partial charge on any atom is 0.407 e. The van der Waals surface area contributed by atoms with E-state index in [4.69, 9.17) is 4.74 Å². The van der Waals surface area contributed by atoms with Gasteiger partial charge >= 0.3 is 6.09 Å². The molecule has 0 radical (unpaired) electrons. The number of rotatable bonds is 3. The number of carbonyl (C=O) groups is 2. The third kappa shape index (κ3) is 7.95. The standard InChI is InChI=1S/C17H32N2O3S/c1-12-10-19(14(20)11-23-17(5,6)7)9-8-13(12)18-15(21)22-16(2,3)4/h12-13H,8-11H2,1-7H3,(H,18,21)/t12-,13-/m0/s1. The van der Waals surface area contributed by atoms with Gasteiger partial charge in [-0.15, -0.1) is 11.8 Å². The highest BCUT2D eigenvalue weighted by molar-refractivity contribution is 8.01. The van der Waals surface area contributed by atoms with Crippen molar-refractivity contribution in [2.24, 2.45) is 5.92 Å². The summed E-state index contributed by atoms with van der Waals surface area (Å²) in [5, 5.41) is 2.94. The molecule has 23 heavy (non-hydrogen) atoms. The van der Waals surface area contributed by atoms with Gasteiger partial charge in [-0.3, -0.25) is 4.79 Å². The van der Waals surface area contributed by atoms with Gasteiger partial charge in [0.25, 0.3) is 0 Å². The second-order valence-corrected chi connectivity index (χ2v) is 10.1. The zero-order valence-corrected chi connectivity index (χ0v) is 16.4. The highest BCUT2D eigenvalue weighted by Crippen LogP contribution is 2.25. The van der Waals surface area contributed by atoms with E-state index < -0.39 is 5.60 Å². The number of hydrogen-bond donors (Lipinski definition) is 1. The van der Waals surface area contributed by atoms with Crippen LogP contribution in [0.25, 0.3) is 0 Å². The zero-order chi connectivity index (χ0) is 17.8. The van der Waals surface area contributed by atoms with Crippen LogP contribution < -0.4 is 5.32 Å². The molecule has 0 unspecified atom stereocenters. The lowest BCUT2D eigenvalue weighted by molar-refractivity contribution is -0.130. The van der Waals surface area contributed by atoms with E-state index in [0.717, 1.165) is 6.42 Å². The summed E-state index contributed by atoms with van der Waals surface area (Å²) in [6.07, 6.45) is 0.393. The zero-order valence-electron chi connectivity index (χ0n) is 15.6. The van der Waals surface area contributed by atoms with Crippen LogP contribution in [0.4, 0.5) is 4.79 Å². The summed E-state index contributed by atoms with van der Waals surface area (Å²) in [4.78, 5) is 26.1. The van der Waals surface area contributed by atoms with Crippen molar-refractivity contribution in [1.29, 1.82) is 0 Å². The van der Waals surface area contributed by atoms with Crippen LogP contribution in [0.3, 0.4) is 0 Å². The van der Waals surface area contributed by atoms with Crippen molar-refractivity contribution in [2.45, 2.75) is 71.3 Å². The van der Waals surface area contributed by atoms with E-state index in [9.17, 15) is 9.59 Å².